The summed E-state index contributed by atoms with van der Waals surface area (Å²) in [6.07, 6.45) is 0. The molecule has 3 nitrogen and oxygen atoms in total. The maximum atomic E-state index is 11.6. The van der Waals surface area contributed by atoms with E-state index in [1.54, 1.807) is 6.07 Å². The number of furan rings is 1. The molecule has 0 aliphatic rings. The second-order valence-electron chi connectivity index (χ2n) is 3.49. The molecule has 72 valence electrons. The van der Waals surface area contributed by atoms with Gasteiger partial charge in [-0.1, -0.05) is 0 Å². The van der Waals surface area contributed by atoms with E-state index >= 15 is 0 Å². The Labute approximate surface area is 78.3 Å². The van der Waals surface area contributed by atoms with Gasteiger partial charge in [0.25, 0.3) is 0 Å². The van der Waals surface area contributed by atoms with Gasteiger partial charge < -0.3 is 9.32 Å². The number of rotatable bonds is 3. The third kappa shape index (κ3) is 2.42. The van der Waals surface area contributed by atoms with Crippen molar-refractivity contribution in [1.29, 1.82) is 0 Å². The highest BCUT2D eigenvalue weighted by Gasteiger charge is 2.13. The van der Waals surface area contributed by atoms with Crippen LogP contribution in [0.3, 0.4) is 0 Å². The molecule has 0 saturated heterocycles. The summed E-state index contributed by atoms with van der Waals surface area (Å²) in [7, 11) is 3.75. The van der Waals surface area contributed by atoms with Crippen molar-refractivity contribution in [3.63, 3.8) is 0 Å². The first-order valence-electron chi connectivity index (χ1n) is 4.25. The van der Waals surface area contributed by atoms with Gasteiger partial charge in [-0.05, 0) is 34.0 Å². The average molecular weight is 181 g/mol. The minimum Gasteiger partial charge on any atom is -0.466 e. The highest BCUT2D eigenvalue weighted by Crippen LogP contribution is 2.14. The monoisotopic (exact) mass is 181 g/mol. The van der Waals surface area contributed by atoms with Gasteiger partial charge in [-0.3, -0.25) is 4.79 Å². The van der Waals surface area contributed by atoms with Crippen molar-refractivity contribution in [2.75, 3.05) is 20.6 Å². The lowest BCUT2D eigenvalue weighted by Crippen LogP contribution is -2.21. The van der Waals surface area contributed by atoms with Gasteiger partial charge in [-0.2, -0.15) is 0 Å². The first-order valence-corrected chi connectivity index (χ1v) is 4.25. The van der Waals surface area contributed by atoms with Gasteiger partial charge in [0.1, 0.15) is 11.5 Å². The van der Waals surface area contributed by atoms with Crippen LogP contribution in [0.5, 0.6) is 0 Å². The lowest BCUT2D eigenvalue weighted by atomic mass is 10.1. The van der Waals surface area contributed by atoms with E-state index in [4.69, 9.17) is 4.42 Å². The minimum absolute atomic E-state index is 0.111. The molecule has 0 radical (unpaired) electrons. The first-order chi connectivity index (χ1) is 6.00. The summed E-state index contributed by atoms with van der Waals surface area (Å²) in [6, 6.07) is 1.79. The van der Waals surface area contributed by atoms with Crippen LogP contribution < -0.4 is 0 Å². The minimum atomic E-state index is 0.111. The predicted molar refractivity (Wildman–Crippen MR) is 51.1 cm³/mol. The lowest BCUT2D eigenvalue weighted by molar-refractivity contribution is 0.0956. The van der Waals surface area contributed by atoms with E-state index in [2.05, 4.69) is 0 Å². The smallest absolute Gasteiger partial charge is 0.180 e. The average Bonchev–Trinajstić information content (AvgIpc) is 2.28. The predicted octanol–water partition coefficient (Wildman–Crippen LogP) is 1.64. The number of carbonyl (C=O) groups is 1. The van der Waals surface area contributed by atoms with Crippen LogP contribution in [0.4, 0.5) is 0 Å². The summed E-state index contributed by atoms with van der Waals surface area (Å²) in [6.45, 7) is 4.09. The second kappa shape index (κ2) is 3.75. The van der Waals surface area contributed by atoms with Gasteiger partial charge in [-0.15, -0.1) is 0 Å². The number of ketones is 1. The van der Waals surface area contributed by atoms with E-state index in [-0.39, 0.29) is 5.78 Å². The van der Waals surface area contributed by atoms with E-state index in [1.165, 1.54) is 0 Å². The van der Waals surface area contributed by atoms with Crippen molar-refractivity contribution in [2.24, 2.45) is 0 Å². The number of hydrogen-bond donors (Lipinski definition) is 0. The molecule has 0 aromatic carbocycles. The summed E-state index contributed by atoms with van der Waals surface area (Å²) >= 11 is 0. The van der Waals surface area contributed by atoms with Crippen molar-refractivity contribution in [1.82, 2.24) is 4.90 Å². The summed E-state index contributed by atoms with van der Waals surface area (Å²) in [5.74, 6) is 1.61. The summed E-state index contributed by atoms with van der Waals surface area (Å²) in [4.78, 5) is 13.4. The number of carbonyl (C=O) groups excluding carboxylic acids is 1. The highest BCUT2D eigenvalue weighted by atomic mass is 16.3. The van der Waals surface area contributed by atoms with Gasteiger partial charge >= 0.3 is 0 Å². The Balaban J connectivity index is 2.82. The Morgan fingerprint density at radius 3 is 2.46 bits per heavy atom. The molecule has 0 saturated carbocycles. The maximum absolute atomic E-state index is 11.6. The van der Waals surface area contributed by atoms with Crippen LogP contribution in [0.1, 0.15) is 21.9 Å². The summed E-state index contributed by atoms with van der Waals surface area (Å²) in [5.41, 5.74) is 0.700. The molecule has 0 bridgehead atoms. The van der Waals surface area contributed by atoms with Crippen molar-refractivity contribution < 1.29 is 9.21 Å². The molecule has 3 heteroatoms. The van der Waals surface area contributed by atoms with Crippen LogP contribution in [0.25, 0.3) is 0 Å². The number of hydrogen-bond acceptors (Lipinski definition) is 3. The zero-order chi connectivity index (χ0) is 10.0. The van der Waals surface area contributed by atoms with Crippen molar-refractivity contribution >= 4 is 5.78 Å². The molecule has 1 aromatic heterocycles. The van der Waals surface area contributed by atoms with E-state index in [0.717, 1.165) is 5.76 Å². The lowest BCUT2D eigenvalue weighted by Gasteiger charge is -2.06. The zero-order valence-corrected chi connectivity index (χ0v) is 8.55. The van der Waals surface area contributed by atoms with Crippen LogP contribution in [0.2, 0.25) is 0 Å². The summed E-state index contributed by atoms with van der Waals surface area (Å²) in [5, 5.41) is 0. The van der Waals surface area contributed by atoms with E-state index in [1.807, 2.05) is 32.8 Å². The largest absolute Gasteiger partial charge is 0.466 e. The van der Waals surface area contributed by atoms with Crippen molar-refractivity contribution in [3.8, 4) is 0 Å². The molecule has 1 rings (SSSR count). The van der Waals surface area contributed by atoms with Crippen LogP contribution in [-0.2, 0) is 0 Å². The number of nitrogens with zero attached hydrogens (tertiary/aromatic N) is 1. The van der Waals surface area contributed by atoms with Crippen LogP contribution in [-0.4, -0.2) is 31.3 Å². The van der Waals surface area contributed by atoms with E-state index < -0.39 is 0 Å². The van der Waals surface area contributed by atoms with Gasteiger partial charge in [-0.25, -0.2) is 0 Å². The third-order valence-electron chi connectivity index (χ3n) is 1.80. The number of likely N-dealkylation sites (N-methyl/N-ethyl adjacent to an activating group) is 1. The van der Waals surface area contributed by atoms with Crippen LogP contribution in [0, 0.1) is 13.8 Å². The normalized spacial score (nSPS) is 10.8. The Bertz CT molecular complexity index is 313. The topological polar surface area (TPSA) is 33.5 Å². The molecule has 0 unspecified atom stereocenters. The molecule has 0 spiro atoms. The third-order valence-corrected chi connectivity index (χ3v) is 1.80. The fraction of sp³-hybridized carbons (Fsp3) is 0.500. The van der Waals surface area contributed by atoms with Gasteiger partial charge in [0.2, 0.25) is 0 Å². The Morgan fingerprint density at radius 1 is 1.46 bits per heavy atom. The molecule has 0 aliphatic carbocycles. The van der Waals surface area contributed by atoms with Crippen LogP contribution in [0.15, 0.2) is 10.5 Å². The molecule has 0 amide bonds. The fourth-order valence-electron chi connectivity index (χ4n) is 1.28. The Kier molecular flexibility index (Phi) is 2.88. The van der Waals surface area contributed by atoms with Crippen molar-refractivity contribution in [2.45, 2.75) is 13.8 Å². The number of Topliss-reactive ketones (excluding diaryl/α,β-unsaturated/α-hetero) is 1. The quantitative estimate of drug-likeness (QED) is 0.665. The first kappa shape index (κ1) is 9.99. The van der Waals surface area contributed by atoms with Gasteiger partial charge in [0.15, 0.2) is 5.78 Å². The van der Waals surface area contributed by atoms with Crippen molar-refractivity contribution in [3.05, 3.63) is 23.2 Å². The molecular weight excluding hydrogens is 166 g/mol. The van der Waals surface area contributed by atoms with Gasteiger partial charge in [0.05, 0.1) is 12.1 Å². The zero-order valence-electron chi connectivity index (χ0n) is 8.55. The van der Waals surface area contributed by atoms with E-state index in [9.17, 15) is 4.79 Å². The van der Waals surface area contributed by atoms with E-state index in [0.29, 0.717) is 17.9 Å². The van der Waals surface area contributed by atoms with Crippen LogP contribution >= 0.6 is 0 Å². The molecule has 0 N–H and O–H groups in total. The molecule has 0 aliphatic heterocycles. The Morgan fingerprint density at radius 2 is 2.08 bits per heavy atom. The maximum Gasteiger partial charge on any atom is 0.180 e. The SMILES string of the molecule is Cc1cc(C(=O)CN(C)C)c(C)o1. The Hall–Kier alpha value is -1.09. The summed E-state index contributed by atoms with van der Waals surface area (Å²) < 4.78 is 5.28. The second-order valence-corrected chi connectivity index (χ2v) is 3.49. The fourth-order valence-corrected chi connectivity index (χ4v) is 1.28. The molecule has 0 fully saturated rings. The number of aryl methyl sites for hydroxylation is 2. The molecule has 0 atom stereocenters. The molecule has 1 aromatic rings. The molecule has 13 heavy (non-hydrogen) atoms. The molecular formula is C10H15NO2. The highest BCUT2D eigenvalue weighted by molar-refractivity contribution is 5.98. The standard InChI is InChI=1S/C10H15NO2/c1-7-5-9(8(2)13-7)10(12)6-11(3)4/h5H,6H2,1-4H3. The molecule has 1 heterocycles. The van der Waals surface area contributed by atoms with Gasteiger partial charge in [0, 0.05) is 0 Å².